The minimum Gasteiger partial charge on any atom is -0.299 e. The average Bonchev–Trinajstić information content (AvgIpc) is 3.34. The lowest BCUT2D eigenvalue weighted by atomic mass is 10.0. The van der Waals surface area contributed by atoms with Crippen LogP contribution >= 0.6 is 22.7 Å². The Morgan fingerprint density at radius 1 is 1.12 bits per heavy atom. The molecular weight excluding hydrogens is 454 g/mol. The van der Waals surface area contributed by atoms with Crippen molar-refractivity contribution in [2.24, 2.45) is 5.92 Å². The highest BCUT2D eigenvalue weighted by Gasteiger charge is 2.24. The monoisotopic (exact) mass is 481 g/mol. The van der Waals surface area contributed by atoms with E-state index in [9.17, 15) is 9.59 Å². The number of rotatable bonds is 7. The fraction of sp³-hybridized carbons (Fsp3) is 0.375. The molecule has 0 spiro atoms. The molecule has 3 heterocycles. The molecule has 0 saturated heterocycles. The standard InChI is InChI=1S/C24H27N5O2S2/c1-6-17(21(30)26-24-28-27-18(33-24)11-13(2)3)29-12-25-22-20(23(29)31)19(15(5)32-22)16-9-7-14(4)8-10-16/h7-10,12-13,17H,6,11H2,1-5H3,(H,26,28,30). The fourth-order valence-corrected chi connectivity index (χ4v) is 5.80. The zero-order valence-corrected chi connectivity index (χ0v) is 21.0. The SMILES string of the molecule is CCC(C(=O)Nc1nnc(CC(C)C)s1)n1cnc2sc(C)c(-c3ccc(C)cc3)c2c1=O. The summed E-state index contributed by atoms with van der Waals surface area (Å²) < 4.78 is 1.44. The highest BCUT2D eigenvalue weighted by Crippen LogP contribution is 2.35. The van der Waals surface area contributed by atoms with Gasteiger partial charge in [-0.3, -0.25) is 19.5 Å². The molecule has 1 unspecified atom stereocenters. The summed E-state index contributed by atoms with van der Waals surface area (Å²) in [4.78, 5) is 33.0. The highest BCUT2D eigenvalue weighted by molar-refractivity contribution is 7.19. The Bertz CT molecular complexity index is 1350. The molecule has 172 valence electrons. The van der Waals surface area contributed by atoms with Gasteiger partial charge in [0.25, 0.3) is 5.56 Å². The summed E-state index contributed by atoms with van der Waals surface area (Å²) in [6.45, 7) is 10.1. The number of benzene rings is 1. The molecule has 0 bridgehead atoms. The third-order valence-corrected chi connectivity index (χ3v) is 7.33. The second kappa shape index (κ2) is 9.52. The summed E-state index contributed by atoms with van der Waals surface area (Å²) in [5, 5.41) is 13.0. The molecule has 1 N–H and O–H groups in total. The van der Waals surface area contributed by atoms with Crippen LogP contribution in [0.1, 0.15) is 48.7 Å². The van der Waals surface area contributed by atoms with Gasteiger partial charge in [0.15, 0.2) is 0 Å². The third kappa shape index (κ3) is 4.74. The van der Waals surface area contributed by atoms with E-state index in [1.807, 2.05) is 45.0 Å². The zero-order valence-electron chi connectivity index (χ0n) is 19.4. The number of anilines is 1. The molecule has 1 atom stereocenters. The topological polar surface area (TPSA) is 89.8 Å². The van der Waals surface area contributed by atoms with Gasteiger partial charge in [-0.05, 0) is 31.7 Å². The molecule has 0 radical (unpaired) electrons. The number of aryl methyl sites for hydroxylation is 2. The van der Waals surface area contributed by atoms with Crippen LogP contribution in [0.3, 0.4) is 0 Å². The lowest BCUT2D eigenvalue weighted by Crippen LogP contribution is -2.33. The van der Waals surface area contributed by atoms with Crippen molar-refractivity contribution in [2.45, 2.75) is 53.5 Å². The van der Waals surface area contributed by atoms with E-state index in [4.69, 9.17) is 0 Å². The van der Waals surface area contributed by atoms with Crippen molar-refractivity contribution in [3.05, 3.63) is 56.4 Å². The van der Waals surface area contributed by atoms with Crippen LogP contribution in [-0.2, 0) is 11.2 Å². The number of carbonyl (C=O) groups excluding carboxylic acids is 1. The highest BCUT2D eigenvalue weighted by atomic mass is 32.1. The van der Waals surface area contributed by atoms with Crippen molar-refractivity contribution >= 4 is 43.9 Å². The number of hydrogen-bond donors (Lipinski definition) is 1. The van der Waals surface area contributed by atoms with Crippen LogP contribution in [0.25, 0.3) is 21.3 Å². The van der Waals surface area contributed by atoms with E-state index in [0.29, 0.717) is 27.7 Å². The van der Waals surface area contributed by atoms with Gasteiger partial charge in [-0.25, -0.2) is 4.98 Å². The first-order chi connectivity index (χ1) is 15.8. The maximum absolute atomic E-state index is 13.6. The molecule has 9 heteroatoms. The maximum atomic E-state index is 13.6. The van der Waals surface area contributed by atoms with Crippen molar-refractivity contribution < 1.29 is 4.79 Å². The molecular formula is C24H27N5O2S2. The van der Waals surface area contributed by atoms with Crippen LogP contribution in [0.5, 0.6) is 0 Å². The van der Waals surface area contributed by atoms with Gasteiger partial charge >= 0.3 is 0 Å². The van der Waals surface area contributed by atoms with Gasteiger partial charge in [0, 0.05) is 16.9 Å². The molecule has 0 aliphatic carbocycles. The first-order valence-corrected chi connectivity index (χ1v) is 12.6. The number of nitrogens with one attached hydrogen (secondary N) is 1. The number of fused-ring (bicyclic) bond motifs is 1. The Morgan fingerprint density at radius 3 is 2.52 bits per heavy atom. The van der Waals surface area contributed by atoms with Crippen molar-refractivity contribution in [1.82, 2.24) is 19.7 Å². The molecule has 0 aliphatic rings. The van der Waals surface area contributed by atoms with Gasteiger partial charge < -0.3 is 0 Å². The molecule has 1 aromatic carbocycles. The number of carbonyl (C=O) groups is 1. The Labute approximate surface area is 200 Å². The van der Waals surface area contributed by atoms with Crippen LogP contribution in [0.2, 0.25) is 0 Å². The number of aromatic nitrogens is 4. The first kappa shape index (κ1) is 23.3. The van der Waals surface area contributed by atoms with Gasteiger partial charge in [-0.2, -0.15) is 0 Å². The van der Waals surface area contributed by atoms with E-state index in [0.717, 1.165) is 33.0 Å². The summed E-state index contributed by atoms with van der Waals surface area (Å²) in [6.07, 6.45) is 2.74. The summed E-state index contributed by atoms with van der Waals surface area (Å²) in [7, 11) is 0. The van der Waals surface area contributed by atoms with Crippen molar-refractivity contribution in [3.8, 4) is 11.1 Å². The molecule has 1 amide bonds. The van der Waals surface area contributed by atoms with E-state index in [1.54, 1.807) is 0 Å². The van der Waals surface area contributed by atoms with Crippen LogP contribution in [0, 0.1) is 19.8 Å². The minimum atomic E-state index is -0.696. The molecule has 3 aromatic heterocycles. The predicted octanol–water partition coefficient (Wildman–Crippen LogP) is 5.38. The van der Waals surface area contributed by atoms with Gasteiger partial charge in [-0.1, -0.05) is 61.9 Å². The average molecular weight is 482 g/mol. The van der Waals surface area contributed by atoms with Crippen molar-refractivity contribution in [3.63, 3.8) is 0 Å². The quantitative estimate of drug-likeness (QED) is 0.383. The van der Waals surface area contributed by atoms with Gasteiger partial charge in [0.1, 0.15) is 15.9 Å². The summed E-state index contributed by atoms with van der Waals surface area (Å²) in [5.74, 6) is 0.162. The molecule has 4 rings (SSSR count). The molecule has 33 heavy (non-hydrogen) atoms. The number of hydrogen-bond acceptors (Lipinski definition) is 7. The Hall–Kier alpha value is -2.91. The van der Waals surface area contributed by atoms with Gasteiger partial charge in [0.05, 0.1) is 11.7 Å². The Kier molecular flexibility index (Phi) is 6.71. The summed E-state index contributed by atoms with van der Waals surface area (Å²) in [6, 6.07) is 7.41. The van der Waals surface area contributed by atoms with Crippen molar-refractivity contribution in [1.29, 1.82) is 0 Å². The Balaban J connectivity index is 1.70. The third-order valence-electron chi connectivity index (χ3n) is 5.46. The van der Waals surface area contributed by atoms with Gasteiger partial charge in [0.2, 0.25) is 11.0 Å². The lowest BCUT2D eigenvalue weighted by Gasteiger charge is -2.16. The van der Waals surface area contributed by atoms with Crippen LogP contribution < -0.4 is 10.9 Å². The number of amides is 1. The number of nitrogens with zero attached hydrogens (tertiary/aromatic N) is 4. The molecule has 0 fully saturated rings. The first-order valence-electron chi connectivity index (χ1n) is 11.0. The van der Waals surface area contributed by atoms with Crippen molar-refractivity contribution in [2.75, 3.05) is 5.32 Å². The fourth-order valence-electron chi connectivity index (χ4n) is 3.84. The lowest BCUT2D eigenvalue weighted by molar-refractivity contribution is -0.119. The zero-order chi connectivity index (χ0) is 23.7. The van der Waals surface area contributed by atoms with Crippen LogP contribution in [0.15, 0.2) is 35.4 Å². The molecule has 4 aromatic rings. The largest absolute Gasteiger partial charge is 0.299 e. The second-order valence-corrected chi connectivity index (χ2v) is 10.8. The normalized spacial score (nSPS) is 12.4. The van der Waals surface area contributed by atoms with E-state index in [2.05, 4.69) is 34.3 Å². The number of thiophene rings is 1. The molecule has 0 aliphatic heterocycles. The summed E-state index contributed by atoms with van der Waals surface area (Å²) in [5.41, 5.74) is 2.81. The van der Waals surface area contributed by atoms with E-state index in [-0.39, 0.29) is 11.5 Å². The van der Waals surface area contributed by atoms with E-state index < -0.39 is 6.04 Å². The smallest absolute Gasteiger partial charge is 0.263 e. The van der Waals surface area contributed by atoms with E-state index in [1.165, 1.54) is 33.6 Å². The van der Waals surface area contributed by atoms with E-state index >= 15 is 0 Å². The predicted molar refractivity (Wildman–Crippen MR) is 135 cm³/mol. The Morgan fingerprint density at radius 2 is 1.85 bits per heavy atom. The van der Waals surface area contributed by atoms with Crippen LogP contribution in [-0.4, -0.2) is 25.7 Å². The molecule has 7 nitrogen and oxygen atoms in total. The second-order valence-electron chi connectivity index (χ2n) is 8.55. The maximum Gasteiger partial charge on any atom is 0.263 e. The van der Waals surface area contributed by atoms with Crippen LogP contribution in [0.4, 0.5) is 5.13 Å². The minimum absolute atomic E-state index is 0.209. The molecule has 0 saturated carbocycles. The van der Waals surface area contributed by atoms with Gasteiger partial charge in [-0.15, -0.1) is 21.5 Å². The summed E-state index contributed by atoms with van der Waals surface area (Å²) >= 11 is 2.86.